The maximum atomic E-state index is 13.2. The molecule has 0 spiro atoms. The Bertz CT molecular complexity index is 1510. The van der Waals surface area contributed by atoms with Gasteiger partial charge in [0.25, 0.3) is 5.56 Å². The smallest absolute Gasteiger partial charge is 0.291 e. The highest BCUT2D eigenvalue weighted by atomic mass is 35.5. The summed E-state index contributed by atoms with van der Waals surface area (Å²) in [4.78, 5) is 30.6. The number of benzene rings is 1. The van der Waals surface area contributed by atoms with E-state index in [1.165, 1.54) is 12.1 Å². The molecule has 2 aromatic heterocycles. The van der Waals surface area contributed by atoms with Crippen molar-refractivity contribution >= 4 is 39.8 Å². The average Bonchev–Trinajstić information content (AvgIpc) is 2.86. The third kappa shape index (κ3) is 2.91. The van der Waals surface area contributed by atoms with Crippen molar-refractivity contribution in [2.75, 3.05) is 0 Å². The normalized spacial score (nSPS) is 13.0. The summed E-state index contributed by atoms with van der Waals surface area (Å²) in [5, 5.41) is 24.3. The van der Waals surface area contributed by atoms with Crippen LogP contribution in [0.1, 0.15) is 31.4 Å². The topological polar surface area (TPSA) is 125 Å². The first kappa shape index (κ1) is 19.3. The van der Waals surface area contributed by atoms with Gasteiger partial charge in [-0.1, -0.05) is 11.6 Å². The number of nitrogens with zero attached hydrogens (tertiary/aromatic N) is 5. The number of aromatic nitrogens is 1. The van der Waals surface area contributed by atoms with Crippen LogP contribution in [0.2, 0.25) is 5.02 Å². The predicted octanol–water partition coefficient (Wildman–Crippen LogP) is 3.74. The lowest BCUT2D eigenvalue weighted by molar-refractivity contribution is 0.604. The quantitative estimate of drug-likeness (QED) is 0.596. The van der Waals surface area contributed by atoms with E-state index >= 15 is 0 Å². The van der Waals surface area contributed by atoms with Gasteiger partial charge in [-0.15, -0.1) is 0 Å². The van der Waals surface area contributed by atoms with Crippen LogP contribution in [0.4, 0.5) is 5.82 Å². The van der Waals surface area contributed by atoms with Crippen LogP contribution < -0.4 is 11.0 Å². The molecule has 0 radical (unpaired) electrons. The molecule has 9 heteroatoms. The molecule has 0 saturated carbocycles. The number of nitriles is 2. The first-order chi connectivity index (χ1) is 14.3. The first-order valence-corrected chi connectivity index (χ1v) is 9.16. The molecule has 0 saturated heterocycles. The number of rotatable bonds is 1. The summed E-state index contributed by atoms with van der Waals surface area (Å²) in [6, 6.07) is 8.33. The van der Waals surface area contributed by atoms with E-state index in [4.69, 9.17) is 16.0 Å². The van der Waals surface area contributed by atoms with E-state index < -0.39 is 16.6 Å². The highest BCUT2D eigenvalue weighted by molar-refractivity contribution is 6.31. The van der Waals surface area contributed by atoms with Gasteiger partial charge in [-0.05, 0) is 32.0 Å². The molecule has 0 N–H and O–H groups in total. The largest absolute Gasteiger partial charge is 0.463 e. The number of hydrogen-bond acceptors (Lipinski definition) is 7. The van der Waals surface area contributed by atoms with Crippen molar-refractivity contribution in [2.45, 2.75) is 20.3 Å². The van der Waals surface area contributed by atoms with E-state index in [0.29, 0.717) is 22.9 Å². The third-order valence-corrected chi connectivity index (χ3v) is 4.87. The van der Waals surface area contributed by atoms with Gasteiger partial charge in [0.05, 0.1) is 10.9 Å². The van der Waals surface area contributed by atoms with Crippen LogP contribution in [0, 0.1) is 22.7 Å². The lowest BCUT2D eigenvalue weighted by Crippen LogP contribution is -2.23. The maximum Gasteiger partial charge on any atom is 0.291 e. The maximum absolute atomic E-state index is 13.2. The summed E-state index contributed by atoms with van der Waals surface area (Å²) in [5.41, 5.74) is -0.521. The minimum absolute atomic E-state index is 0.0311. The van der Waals surface area contributed by atoms with Crippen molar-refractivity contribution < 1.29 is 4.42 Å². The molecular formula is C21H12ClN5O3. The molecule has 0 aliphatic carbocycles. The summed E-state index contributed by atoms with van der Waals surface area (Å²) in [6.45, 7) is 3.46. The van der Waals surface area contributed by atoms with Crippen molar-refractivity contribution in [2.24, 2.45) is 10.1 Å². The van der Waals surface area contributed by atoms with Crippen LogP contribution in [0.15, 0.2) is 48.6 Å². The molecule has 0 atom stereocenters. The van der Waals surface area contributed by atoms with Gasteiger partial charge in [0, 0.05) is 28.4 Å². The van der Waals surface area contributed by atoms with E-state index in [9.17, 15) is 20.1 Å². The fraction of sp³-hybridized carbons (Fsp3) is 0.143. The zero-order chi connectivity index (χ0) is 21.6. The number of fused-ring (bicyclic) bond motifs is 2. The molecule has 3 aromatic rings. The first-order valence-electron chi connectivity index (χ1n) is 8.79. The van der Waals surface area contributed by atoms with E-state index in [0.717, 1.165) is 10.9 Å². The third-order valence-electron chi connectivity index (χ3n) is 4.64. The van der Waals surface area contributed by atoms with Crippen molar-refractivity contribution in [3.05, 3.63) is 61.2 Å². The van der Waals surface area contributed by atoms with Crippen LogP contribution in [0.5, 0.6) is 0 Å². The van der Waals surface area contributed by atoms with E-state index in [2.05, 4.69) is 10.1 Å². The van der Waals surface area contributed by atoms with Crippen molar-refractivity contribution in [1.82, 2.24) is 4.68 Å². The second-order valence-corrected chi connectivity index (χ2v) is 7.20. The second-order valence-electron chi connectivity index (χ2n) is 6.77. The van der Waals surface area contributed by atoms with Gasteiger partial charge < -0.3 is 4.42 Å². The summed E-state index contributed by atoms with van der Waals surface area (Å²) in [6.07, 6.45) is 1.54. The van der Waals surface area contributed by atoms with E-state index in [-0.39, 0.29) is 33.5 Å². The fourth-order valence-corrected chi connectivity index (χ4v) is 3.57. The Hall–Kier alpha value is -4.01. The molecular weight excluding hydrogens is 406 g/mol. The van der Waals surface area contributed by atoms with Crippen LogP contribution in [-0.4, -0.2) is 16.1 Å². The average molecular weight is 418 g/mol. The molecule has 8 nitrogen and oxygen atoms in total. The molecule has 0 bridgehead atoms. The van der Waals surface area contributed by atoms with Crippen molar-refractivity contribution in [1.29, 1.82) is 10.5 Å². The number of aliphatic imine (C=N–C) groups is 1. The van der Waals surface area contributed by atoms with Crippen molar-refractivity contribution in [3.63, 3.8) is 0 Å². The van der Waals surface area contributed by atoms with Crippen LogP contribution in [-0.2, 0) is 0 Å². The van der Waals surface area contributed by atoms with Gasteiger partial charge in [-0.3, -0.25) is 9.59 Å². The lowest BCUT2D eigenvalue weighted by atomic mass is 9.96. The van der Waals surface area contributed by atoms with Gasteiger partial charge in [0.1, 0.15) is 35.1 Å². The second kappa shape index (κ2) is 7.11. The monoisotopic (exact) mass is 417 g/mol. The zero-order valence-corrected chi connectivity index (χ0v) is 16.6. The molecule has 1 aliphatic heterocycles. The standard InChI is InChI=1S/C21H12ClN5O3/c1-10-5-11(2)26-27-20(25-10)14(7-23)18(15(8-24)21(27)29)16-9-30-17-4-3-12(22)6-13(17)19(16)28/h3-4,6,9H,5H2,1-2H3. The Labute approximate surface area is 174 Å². The van der Waals surface area contributed by atoms with Gasteiger partial charge in [0.2, 0.25) is 5.43 Å². The molecule has 146 valence electrons. The minimum Gasteiger partial charge on any atom is -0.463 e. The highest BCUT2D eigenvalue weighted by Gasteiger charge is 2.27. The predicted molar refractivity (Wildman–Crippen MR) is 113 cm³/mol. The Balaban J connectivity index is 2.21. The van der Waals surface area contributed by atoms with Gasteiger partial charge in [-0.25, -0.2) is 4.99 Å². The molecule has 30 heavy (non-hydrogen) atoms. The summed E-state index contributed by atoms with van der Waals surface area (Å²) in [7, 11) is 0. The molecule has 4 rings (SSSR count). The Kier molecular flexibility index (Phi) is 4.57. The molecule has 0 fully saturated rings. The minimum atomic E-state index is -0.773. The molecule has 3 heterocycles. The fourth-order valence-electron chi connectivity index (χ4n) is 3.40. The summed E-state index contributed by atoms with van der Waals surface area (Å²) >= 11 is 6.00. The SMILES string of the molecule is CC1=Nc2c(C#N)c(-c3coc4ccc(Cl)cc4c3=O)c(C#N)c(=O)n2N=C(C)C1. The van der Waals surface area contributed by atoms with Crippen molar-refractivity contribution in [3.8, 4) is 23.3 Å². The molecule has 0 amide bonds. The molecule has 0 unspecified atom stereocenters. The van der Waals surface area contributed by atoms with E-state index in [1.54, 1.807) is 19.9 Å². The van der Waals surface area contributed by atoms with Crippen LogP contribution in [0.3, 0.4) is 0 Å². The Morgan fingerprint density at radius 1 is 1.13 bits per heavy atom. The Morgan fingerprint density at radius 3 is 2.57 bits per heavy atom. The summed E-state index contributed by atoms with van der Waals surface area (Å²) < 4.78 is 6.47. The van der Waals surface area contributed by atoms with Crippen LogP contribution >= 0.6 is 11.6 Å². The number of hydrogen-bond donors (Lipinski definition) is 0. The van der Waals surface area contributed by atoms with Gasteiger partial charge >= 0.3 is 0 Å². The lowest BCUT2D eigenvalue weighted by Gasteiger charge is -2.12. The molecule has 1 aliphatic rings. The zero-order valence-electron chi connectivity index (χ0n) is 15.9. The Morgan fingerprint density at radius 2 is 1.87 bits per heavy atom. The molecule has 1 aromatic carbocycles. The van der Waals surface area contributed by atoms with E-state index in [1.807, 2.05) is 12.1 Å². The summed E-state index contributed by atoms with van der Waals surface area (Å²) in [5.74, 6) is -0.0311. The number of halogens is 1. The van der Waals surface area contributed by atoms with Crippen LogP contribution in [0.25, 0.3) is 22.1 Å². The van der Waals surface area contributed by atoms with Gasteiger partial charge in [-0.2, -0.15) is 20.3 Å². The highest BCUT2D eigenvalue weighted by Crippen LogP contribution is 2.32. The number of pyridine rings is 1. The van der Waals surface area contributed by atoms with Gasteiger partial charge in [0.15, 0.2) is 5.82 Å².